The number of aromatic amines is 1. The third kappa shape index (κ3) is 5.86. The molecule has 12 heteroatoms. The van der Waals surface area contributed by atoms with Crippen LogP contribution in [0.3, 0.4) is 0 Å². The molecule has 8 nitrogen and oxygen atoms in total. The molecule has 0 aliphatic rings. The smallest absolute Gasteiger partial charge is 0.270 e. The van der Waals surface area contributed by atoms with Crippen molar-refractivity contribution in [2.45, 2.75) is 22.7 Å². The Hall–Kier alpha value is -4.28. The van der Waals surface area contributed by atoms with Crippen molar-refractivity contribution in [2.24, 2.45) is 0 Å². The van der Waals surface area contributed by atoms with Crippen LogP contribution in [0, 0.1) is 18.3 Å². The molecule has 0 spiro atoms. The fourth-order valence-electron chi connectivity index (χ4n) is 4.24. The number of sulfonamides is 1. The van der Waals surface area contributed by atoms with E-state index in [2.05, 4.69) is 19.7 Å². The molecular formula is C30H21N5O3S4. The van der Waals surface area contributed by atoms with Gasteiger partial charge in [0.2, 0.25) is 0 Å². The molecule has 0 aliphatic carbocycles. The number of thiophene rings is 2. The fourth-order valence-corrected chi connectivity index (χ4v) is 7.94. The van der Waals surface area contributed by atoms with Crippen molar-refractivity contribution in [3.63, 3.8) is 0 Å². The zero-order valence-corrected chi connectivity index (χ0v) is 25.3. The number of nitrogens with one attached hydrogen (secondary N) is 2. The predicted molar refractivity (Wildman–Crippen MR) is 169 cm³/mol. The normalized spacial score (nSPS) is 11.4. The number of rotatable bonds is 8. The van der Waals surface area contributed by atoms with E-state index in [9.17, 15) is 18.5 Å². The maximum atomic E-state index is 13.0. The monoisotopic (exact) mass is 627 g/mol. The van der Waals surface area contributed by atoms with Crippen molar-refractivity contribution < 1.29 is 8.42 Å². The average Bonchev–Trinajstić information content (AvgIpc) is 3.69. The van der Waals surface area contributed by atoms with E-state index in [1.807, 2.05) is 54.8 Å². The first-order chi connectivity index (χ1) is 20.3. The zero-order chi connectivity index (χ0) is 29.3. The van der Waals surface area contributed by atoms with Gasteiger partial charge in [0, 0.05) is 32.3 Å². The van der Waals surface area contributed by atoms with Crippen LogP contribution in [0.15, 0.2) is 99.1 Å². The summed E-state index contributed by atoms with van der Waals surface area (Å²) in [6, 6.07) is 25.4. The van der Waals surface area contributed by atoms with Gasteiger partial charge in [-0.2, -0.15) is 5.26 Å². The zero-order valence-electron chi connectivity index (χ0n) is 22.0. The molecule has 0 radical (unpaired) electrons. The number of pyridine rings is 1. The highest BCUT2D eigenvalue weighted by molar-refractivity contribution is 7.98. The first-order valence-corrected chi connectivity index (χ1v) is 16.8. The maximum absolute atomic E-state index is 13.0. The minimum Gasteiger partial charge on any atom is -0.300 e. The molecular weight excluding hydrogens is 607 g/mol. The summed E-state index contributed by atoms with van der Waals surface area (Å²) < 4.78 is 28.7. The Balaban J connectivity index is 1.17. The van der Waals surface area contributed by atoms with Crippen LogP contribution in [0.1, 0.15) is 16.8 Å². The summed E-state index contributed by atoms with van der Waals surface area (Å²) in [5, 5.41) is 12.8. The molecule has 0 bridgehead atoms. The Morgan fingerprint density at radius 3 is 2.55 bits per heavy atom. The van der Waals surface area contributed by atoms with E-state index in [0.29, 0.717) is 22.3 Å². The maximum Gasteiger partial charge on any atom is 0.270 e. The molecule has 4 aromatic heterocycles. The molecule has 0 saturated heterocycles. The molecule has 2 N–H and O–H groups in total. The molecule has 0 atom stereocenters. The summed E-state index contributed by atoms with van der Waals surface area (Å²) in [5.41, 5.74) is 2.81. The average molecular weight is 628 g/mol. The van der Waals surface area contributed by atoms with E-state index < -0.39 is 15.6 Å². The standard InChI is InChI=1S/C30H21N5O3S4/c1-18-4-7-20-15-21(8-11-24(20)32-18)35-42(37,38)22-9-5-19(6-10-22)17-40-30-33-28(23(16-31)29(36)34-30)27-13-12-26(41-27)25-3-2-14-39-25/h2-15,35H,17H2,1H3,(H,33,34,36). The Kier molecular flexibility index (Phi) is 7.66. The second-order valence-electron chi connectivity index (χ2n) is 9.25. The van der Waals surface area contributed by atoms with Crippen molar-refractivity contribution in [1.82, 2.24) is 15.0 Å². The Morgan fingerprint density at radius 1 is 0.976 bits per heavy atom. The number of H-pyrrole nitrogens is 1. The van der Waals surface area contributed by atoms with Crippen LogP contribution in [-0.4, -0.2) is 23.4 Å². The molecule has 208 valence electrons. The molecule has 0 fully saturated rings. The predicted octanol–water partition coefficient (Wildman–Crippen LogP) is 7.05. The van der Waals surface area contributed by atoms with Gasteiger partial charge in [-0.25, -0.2) is 13.4 Å². The van der Waals surface area contributed by atoms with Gasteiger partial charge in [-0.15, -0.1) is 22.7 Å². The lowest BCUT2D eigenvalue weighted by Crippen LogP contribution is -2.14. The van der Waals surface area contributed by atoms with Gasteiger partial charge < -0.3 is 4.98 Å². The molecule has 4 heterocycles. The van der Waals surface area contributed by atoms with Crippen molar-refractivity contribution in [1.29, 1.82) is 5.26 Å². The Bertz CT molecular complexity index is 2130. The topological polar surface area (TPSA) is 129 Å². The van der Waals surface area contributed by atoms with Crippen molar-refractivity contribution in [3.8, 4) is 26.4 Å². The second-order valence-corrected chi connectivity index (χ2v) is 13.9. The first-order valence-electron chi connectivity index (χ1n) is 12.6. The summed E-state index contributed by atoms with van der Waals surface area (Å²) in [7, 11) is -3.80. The molecule has 42 heavy (non-hydrogen) atoms. The highest BCUT2D eigenvalue weighted by Gasteiger charge is 2.17. The summed E-state index contributed by atoms with van der Waals surface area (Å²) in [4.78, 5) is 27.5. The second kappa shape index (κ2) is 11.5. The number of fused-ring (bicyclic) bond motifs is 1. The summed E-state index contributed by atoms with van der Waals surface area (Å²) >= 11 is 4.40. The van der Waals surface area contributed by atoms with E-state index in [1.54, 1.807) is 53.8 Å². The quantitative estimate of drug-likeness (QED) is 0.137. The van der Waals surface area contributed by atoms with E-state index in [-0.39, 0.29) is 10.5 Å². The van der Waals surface area contributed by atoms with Gasteiger partial charge in [-0.1, -0.05) is 36.0 Å². The number of benzene rings is 2. The van der Waals surface area contributed by atoms with Crippen LogP contribution in [-0.2, 0) is 15.8 Å². The molecule has 0 unspecified atom stereocenters. The minimum atomic E-state index is -3.80. The lowest BCUT2D eigenvalue weighted by molar-refractivity contribution is 0.601. The molecule has 0 amide bonds. The summed E-state index contributed by atoms with van der Waals surface area (Å²) in [6.07, 6.45) is 0. The van der Waals surface area contributed by atoms with Crippen LogP contribution in [0.25, 0.3) is 31.2 Å². The van der Waals surface area contributed by atoms with Gasteiger partial charge >= 0.3 is 0 Å². The van der Waals surface area contributed by atoms with E-state index >= 15 is 0 Å². The number of aryl methyl sites for hydroxylation is 1. The molecule has 0 saturated carbocycles. The third-order valence-electron chi connectivity index (χ3n) is 6.30. The lowest BCUT2D eigenvalue weighted by Gasteiger charge is -2.10. The number of hydrogen-bond acceptors (Lipinski definition) is 9. The molecule has 6 aromatic rings. The summed E-state index contributed by atoms with van der Waals surface area (Å²) in [6.45, 7) is 1.91. The molecule has 2 aromatic carbocycles. The number of thioether (sulfide) groups is 1. The van der Waals surface area contributed by atoms with E-state index in [1.165, 1.54) is 23.1 Å². The first kappa shape index (κ1) is 27.9. The van der Waals surface area contributed by atoms with Crippen LogP contribution in [0.5, 0.6) is 0 Å². The molecule has 6 rings (SSSR count). The Morgan fingerprint density at radius 2 is 1.79 bits per heavy atom. The Labute approximate surface area is 253 Å². The number of hydrogen-bond donors (Lipinski definition) is 2. The number of nitrogens with zero attached hydrogens (tertiary/aromatic N) is 3. The number of aromatic nitrogens is 3. The van der Waals surface area contributed by atoms with Crippen molar-refractivity contribution >= 4 is 61.0 Å². The van der Waals surface area contributed by atoms with Crippen LogP contribution in [0.2, 0.25) is 0 Å². The number of anilines is 1. The SMILES string of the molecule is Cc1ccc2cc(NS(=O)(=O)c3ccc(CSc4nc(-c5ccc(-c6cccs6)s5)c(C#N)c(=O)[nH]4)cc3)ccc2n1. The van der Waals surface area contributed by atoms with Gasteiger partial charge in [0.1, 0.15) is 17.3 Å². The minimum absolute atomic E-state index is 0.0289. The van der Waals surface area contributed by atoms with Gasteiger partial charge in [0.15, 0.2) is 5.16 Å². The van der Waals surface area contributed by atoms with Crippen molar-refractivity contribution in [2.75, 3.05) is 4.72 Å². The van der Waals surface area contributed by atoms with Crippen LogP contribution in [0.4, 0.5) is 5.69 Å². The highest BCUT2D eigenvalue weighted by Crippen LogP contribution is 2.37. The molecule has 0 aliphatic heterocycles. The highest BCUT2D eigenvalue weighted by atomic mass is 32.2. The van der Waals surface area contributed by atoms with Gasteiger partial charge in [-0.3, -0.25) is 14.5 Å². The van der Waals surface area contributed by atoms with Crippen LogP contribution >= 0.6 is 34.4 Å². The van der Waals surface area contributed by atoms with E-state index in [0.717, 1.165) is 36.8 Å². The summed E-state index contributed by atoms with van der Waals surface area (Å²) in [5.74, 6) is 0.435. The number of nitriles is 1. The van der Waals surface area contributed by atoms with Crippen molar-refractivity contribution in [3.05, 3.63) is 111 Å². The third-order valence-corrected chi connectivity index (χ3v) is 10.8. The largest absolute Gasteiger partial charge is 0.300 e. The lowest BCUT2D eigenvalue weighted by atomic mass is 10.2. The van der Waals surface area contributed by atoms with E-state index in [4.69, 9.17) is 0 Å². The van der Waals surface area contributed by atoms with Gasteiger partial charge in [0.05, 0.1) is 15.3 Å². The van der Waals surface area contributed by atoms with Gasteiger partial charge in [-0.05, 0) is 72.5 Å². The fraction of sp³-hybridized carbons (Fsp3) is 0.0667. The van der Waals surface area contributed by atoms with Crippen LogP contribution < -0.4 is 10.3 Å². The van der Waals surface area contributed by atoms with Gasteiger partial charge in [0.25, 0.3) is 15.6 Å².